The molecule has 6 heteroatoms. The molecule has 2 heterocycles. The molecule has 1 aliphatic carbocycles. The van der Waals surface area contributed by atoms with E-state index < -0.39 is 11.8 Å². The summed E-state index contributed by atoms with van der Waals surface area (Å²) in [6, 6.07) is 19.5. The maximum Gasteiger partial charge on any atom is 0.234 e. The molecule has 1 aromatic heterocycles. The molecule has 0 radical (unpaired) electrons. The number of anilines is 1. The van der Waals surface area contributed by atoms with Crippen LogP contribution in [0, 0.1) is 11.7 Å². The Morgan fingerprint density at radius 1 is 0.971 bits per heavy atom. The minimum Gasteiger partial charge on any atom is -0.324 e. The number of rotatable bonds is 4. The number of aliphatic imine (C=N–C) groups is 1. The number of Topliss-reactive ketones (excluding diaryl/α,β-unsaturated/α-hetero) is 1. The highest BCUT2D eigenvalue weighted by atomic mass is 19.1. The number of amides is 1. The number of hydrogen-bond donors (Lipinski definition) is 1. The summed E-state index contributed by atoms with van der Waals surface area (Å²) in [5.41, 5.74) is 4.32. The lowest BCUT2D eigenvalue weighted by atomic mass is 9.69. The topological polar surface area (TPSA) is 71.4 Å². The van der Waals surface area contributed by atoms with Crippen molar-refractivity contribution in [1.82, 2.24) is 4.98 Å². The zero-order valence-corrected chi connectivity index (χ0v) is 18.7. The van der Waals surface area contributed by atoms with E-state index in [1.165, 1.54) is 12.1 Å². The minimum absolute atomic E-state index is 0.0140. The van der Waals surface area contributed by atoms with E-state index in [-0.39, 0.29) is 23.4 Å². The third-order valence-corrected chi connectivity index (χ3v) is 6.60. The van der Waals surface area contributed by atoms with Crippen molar-refractivity contribution >= 4 is 23.1 Å². The fourth-order valence-corrected chi connectivity index (χ4v) is 5.05. The van der Waals surface area contributed by atoms with Crippen LogP contribution in [-0.4, -0.2) is 22.4 Å². The summed E-state index contributed by atoms with van der Waals surface area (Å²) >= 11 is 0. The molecular formula is C28H24FN3O2. The first kappa shape index (κ1) is 21.9. The normalized spacial score (nSPS) is 22.1. The molecule has 2 aliphatic rings. The van der Waals surface area contributed by atoms with Gasteiger partial charge in [-0.3, -0.25) is 19.6 Å². The molecule has 3 unspecified atom stereocenters. The fourth-order valence-electron chi connectivity index (χ4n) is 5.05. The zero-order valence-electron chi connectivity index (χ0n) is 18.7. The Morgan fingerprint density at radius 2 is 1.74 bits per heavy atom. The highest BCUT2D eigenvalue weighted by Gasteiger charge is 2.44. The highest BCUT2D eigenvalue weighted by molar-refractivity contribution is 6.13. The Morgan fingerprint density at radius 3 is 2.44 bits per heavy atom. The SMILES string of the molecule is CC1=NC2=C(C(=O)CC(c3ccccc3)C2)C(c2ccc(F)cc2)C1C(=O)Nc1cccnc1. The van der Waals surface area contributed by atoms with Gasteiger partial charge in [-0.15, -0.1) is 0 Å². The van der Waals surface area contributed by atoms with Crippen LogP contribution in [0.4, 0.5) is 10.1 Å². The molecule has 0 spiro atoms. The minimum atomic E-state index is -0.693. The molecule has 1 N–H and O–H groups in total. The number of carbonyl (C=O) groups is 2. The van der Waals surface area contributed by atoms with Gasteiger partial charge in [-0.05, 0) is 54.7 Å². The molecule has 3 atom stereocenters. The van der Waals surface area contributed by atoms with E-state index in [9.17, 15) is 14.0 Å². The molecule has 1 aliphatic heterocycles. The van der Waals surface area contributed by atoms with E-state index in [1.54, 1.807) is 36.7 Å². The van der Waals surface area contributed by atoms with Gasteiger partial charge >= 0.3 is 0 Å². The van der Waals surface area contributed by atoms with Gasteiger partial charge in [0.05, 0.1) is 17.8 Å². The van der Waals surface area contributed by atoms with E-state index in [0.29, 0.717) is 29.8 Å². The Balaban J connectivity index is 1.56. The fraction of sp³-hybridized carbons (Fsp3) is 0.214. The van der Waals surface area contributed by atoms with E-state index in [1.807, 2.05) is 37.3 Å². The molecule has 5 rings (SSSR count). The van der Waals surface area contributed by atoms with Crippen molar-refractivity contribution in [3.8, 4) is 0 Å². The van der Waals surface area contributed by atoms with Gasteiger partial charge in [-0.25, -0.2) is 4.39 Å². The summed E-state index contributed by atoms with van der Waals surface area (Å²) < 4.78 is 13.7. The van der Waals surface area contributed by atoms with Crippen LogP contribution in [0.1, 0.15) is 42.7 Å². The Hall–Kier alpha value is -3.93. The first-order valence-corrected chi connectivity index (χ1v) is 11.3. The lowest BCUT2D eigenvalue weighted by Crippen LogP contribution is -2.39. The second kappa shape index (κ2) is 9.14. The quantitative estimate of drug-likeness (QED) is 0.572. The van der Waals surface area contributed by atoms with Crippen LogP contribution in [0.2, 0.25) is 0 Å². The van der Waals surface area contributed by atoms with Gasteiger partial charge < -0.3 is 5.32 Å². The van der Waals surface area contributed by atoms with E-state index >= 15 is 0 Å². The monoisotopic (exact) mass is 453 g/mol. The van der Waals surface area contributed by atoms with Crippen LogP contribution >= 0.6 is 0 Å². The number of benzene rings is 2. The van der Waals surface area contributed by atoms with Crippen molar-refractivity contribution in [2.45, 2.75) is 31.6 Å². The van der Waals surface area contributed by atoms with Crippen molar-refractivity contribution in [2.24, 2.45) is 10.9 Å². The van der Waals surface area contributed by atoms with Gasteiger partial charge in [0.1, 0.15) is 5.82 Å². The smallest absolute Gasteiger partial charge is 0.234 e. The van der Waals surface area contributed by atoms with Gasteiger partial charge in [-0.1, -0.05) is 42.5 Å². The van der Waals surface area contributed by atoms with Crippen LogP contribution in [-0.2, 0) is 9.59 Å². The second-order valence-corrected chi connectivity index (χ2v) is 8.79. The summed E-state index contributed by atoms with van der Waals surface area (Å²) in [5.74, 6) is -1.84. The average molecular weight is 454 g/mol. The van der Waals surface area contributed by atoms with Crippen molar-refractivity contribution in [3.05, 3.63) is 107 Å². The number of allylic oxidation sites excluding steroid dienone is 2. The lowest BCUT2D eigenvalue weighted by Gasteiger charge is -2.37. The first-order valence-electron chi connectivity index (χ1n) is 11.3. The van der Waals surface area contributed by atoms with Crippen molar-refractivity contribution in [2.75, 3.05) is 5.32 Å². The van der Waals surface area contributed by atoms with Crippen molar-refractivity contribution in [3.63, 3.8) is 0 Å². The third kappa shape index (κ3) is 4.19. The number of pyridine rings is 1. The number of nitrogens with zero attached hydrogens (tertiary/aromatic N) is 2. The third-order valence-electron chi connectivity index (χ3n) is 6.60. The highest BCUT2D eigenvalue weighted by Crippen LogP contribution is 2.46. The van der Waals surface area contributed by atoms with Crippen LogP contribution in [0.5, 0.6) is 0 Å². The van der Waals surface area contributed by atoms with E-state index in [2.05, 4.69) is 10.3 Å². The number of carbonyl (C=O) groups excluding carboxylic acids is 2. The second-order valence-electron chi connectivity index (χ2n) is 8.79. The average Bonchev–Trinajstić information content (AvgIpc) is 2.84. The summed E-state index contributed by atoms with van der Waals surface area (Å²) in [5, 5.41) is 2.91. The molecule has 0 fully saturated rings. The van der Waals surface area contributed by atoms with Crippen LogP contribution < -0.4 is 5.32 Å². The predicted octanol–water partition coefficient (Wildman–Crippen LogP) is 5.43. The van der Waals surface area contributed by atoms with Crippen molar-refractivity contribution < 1.29 is 14.0 Å². The van der Waals surface area contributed by atoms with Gasteiger partial charge in [0.25, 0.3) is 0 Å². The standard InChI is InChI=1S/C28H24FN3O2/c1-17-25(28(34)32-22-8-5-13-30-16-22)26(19-9-11-21(29)12-10-19)27-23(31-17)14-20(15-24(27)33)18-6-3-2-4-7-18/h2-13,16,20,25-26H,14-15H2,1H3,(H,32,34). The van der Waals surface area contributed by atoms with E-state index in [4.69, 9.17) is 4.99 Å². The first-order chi connectivity index (χ1) is 16.5. The molecule has 34 heavy (non-hydrogen) atoms. The Bertz CT molecular complexity index is 1280. The van der Waals surface area contributed by atoms with Crippen molar-refractivity contribution in [1.29, 1.82) is 0 Å². The lowest BCUT2D eigenvalue weighted by molar-refractivity contribution is -0.119. The summed E-state index contributed by atoms with van der Waals surface area (Å²) in [7, 11) is 0. The summed E-state index contributed by atoms with van der Waals surface area (Å²) in [6.07, 6.45) is 4.18. The van der Waals surface area contributed by atoms with Gasteiger partial charge in [0, 0.05) is 35.5 Å². The van der Waals surface area contributed by atoms with Gasteiger partial charge in [0.2, 0.25) is 5.91 Å². The maximum atomic E-state index is 13.7. The molecule has 0 saturated carbocycles. The summed E-state index contributed by atoms with van der Waals surface area (Å²) in [6.45, 7) is 1.82. The molecular weight excluding hydrogens is 429 g/mol. The van der Waals surface area contributed by atoms with Crippen LogP contribution in [0.3, 0.4) is 0 Å². The van der Waals surface area contributed by atoms with Gasteiger partial charge in [0.15, 0.2) is 5.78 Å². The molecule has 170 valence electrons. The summed E-state index contributed by atoms with van der Waals surface area (Å²) in [4.78, 5) is 35.9. The van der Waals surface area contributed by atoms with Crippen LogP contribution in [0.25, 0.3) is 0 Å². The Kier molecular flexibility index (Phi) is 5.88. The largest absolute Gasteiger partial charge is 0.324 e. The van der Waals surface area contributed by atoms with Gasteiger partial charge in [-0.2, -0.15) is 0 Å². The predicted molar refractivity (Wildman–Crippen MR) is 129 cm³/mol. The number of ketones is 1. The molecule has 2 aromatic carbocycles. The molecule has 3 aromatic rings. The number of hydrogen-bond acceptors (Lipinski definition) is 4. The number of halogens is 1. The number of aromatic nitrogens is 1. The molecule has 5 nitrogen and oxygen atoms in total. The van der Waals surface area contributed by atoms with E-state index in [0.717, 1.165) is 16.8 Å². The molecule has 1 amide bonds. The van der Waals surface area contributed by atoms with Crippen LogP contribution in [0.15, 0.2) is 95.4 Å². The molecule has 0 saturated heterocycles. The Labute approximate surface area is 197 Å². The number of nitrogens with one attached hydrogen (secondary N) is 1. The zero-order chi connectivity index (χ0) is 23.7. The molecule has 0 bridgehead atoms. The maximum absolute atomic E-state index is 13.7.